The van der Waals surface area contributed by atoms with E-state index in [0.717, 1.165) is 0 Å². The van der Waals surface area contributed by atoms with E-state index in [0.29, 0.717) is 0 Å². The van der Waals surface area contributed by atoms with E-state index in [9.17, 15) is 14.3 Å². The second-order valence-electron chi connectivity index (χ2n) is 2.68. The first-order valence-electron chi connectivity index (χ1n) is 4.17. The molecule has 1 aromatic rings. The van der Waals surface area contributed by atoms with Crippen molar-refractivity contribution in [2.24, 2.45) is 0 Å². The van der Waals surface area contributed by atoms with Crippen LogP contribution in [0.3, 0.4) is 0 Å². The highest BCUT2D eigenvalue weighted by Crippen LogP contribution is 2.15. The number of benzene rings is 1. The molecule has 1 atom stereocenters. The Labute approximate surface area is 86.5 Å². The number of rotatable bonds is 1. The smallest absolute Gasteiger partial charge is 0.384 e. The Hall–Kier alpha value is -1.86. The molecule has 78 valence electrons. The van der Waals surface area contributed by atoms with Gasteiger partial charge in [-0.3, -0.25) is 0 Å². The normalized spacial score (nSPS) is 11.1. The van der Waals surface area contributed by atoms with E-state index >= 15 is 0 Å². The Morgan fingerprint density at radius 3 is 2.80 bits per heavy atom. The maximum Gasteiger partial charge on any atom is 0.384 e. The van der Waals surface area contributed by atoms with Crippen molar-refractivity contribution < 1.29 is 19.0 Å². The molecule has 0 amide bonds. The molecule has 0 fully saturated rings. The molecule has 0 bridgehead atoms. The van der Waals surface area contributed by atoms with Crippen LogP contribution in [-0.2, 0) is 9.53 Å². The van der Waals surface area contributed by atoms with E-state index in [1.54, 1.807) is 6.07 Å². The molecule has 1 N–H and O–H groups in total. The van der Waals surface area contributed by atoms with Crippen LogP contribution in [0.15, 0.2) is 24.3 Å². The maximum absolute atomic E-state index is 13.1. The van der Waals surface area contributed by atoms with Gasteiger partial charge in [-0.2, -0.15) is 0 Å². The first kappa shape index (κ1) is 11.2. The van der Waals surface area contributed by atoms with Gasteiger partial charge in [0.25, 0.3) is 0 Å². The summed E-state index contributed by atoms with van der Waals surface area (Å²) in [7, 11) is 1.17. The molecule has 0 saturated heterocycles. The molecular formula is C11H9FO3. The molecule has 0 aromatic heterocycles. The molecule has 0 radical (unpaired) electrons. The topological polar surface area (TPSA) is 46.5 Å². The summed E-state index contributed by atoms with van der Waals surface area (Å²) >= 11 is 0. The van der Waals surface area contributed by atoms with Crippen molar-refractivity contribution in [2.45, 2.75) is 6.10 Å². The third-order valence-corrected chi connectivity index (χ3v) is 1.70. The minimum atomic E-state index is -1.33. The molecule has 1 rings (SSSR count). The molecule has 1 unspecified atom stereocenters. The van der Waals surface area contributed by atoms with Gasteiger partial charge in [-0.15, -0.1) is 0 Å². The van der Waals surface area contributed by atoms with Crippen molar-refractivity contribution in [3.8, 4) is 11.8 Å². The van der Waals surface area contributed by atoms with E-state index in [1.165, 1.54) is 25.3 Å². The summed E-state index contributed by atoms with van der Waals surface area (Å²) in [4.78, 5) is 10.6. The van der Waals surface area contributed by atoms with Gasteiger partial charge in [0.15, 0.2) is 0 Å². The third kappa shape index (κ3) is 3.08. The number of hydrogen-bond acceptors (Lipinski definition) is 3. The average molecular weight is 208 g/mol. The third-order valence-electron chi connectivity index (χ3n) is 1.70. The van der Waals surface area contributed by atoms with Crippen molar-refractivity contribution in [1.82, 2.24) is 0 Å². The van der Waals surface area contributed by atoms with Gasteiger partial charge in [0.2, 0.25) is 0 Å². The van der Waals surface area contributed by atoms with Gasteiger partial charge in [-0.1, -0.05) is 24.1 Å². The maximum atomic E-state index is 13.1. The van der Waals surface area contributed by atoms with E-state index in [-0.39, 0.29) is 5.56 Å². The standard InChI is InChI=1S/C11H9FO3/c1-15-11(14)7-6-10(13)8-4-2-3-5-9(8)12/h2-5,10,13H,1H3. The van der Waals surface area contributed by atoms with Crippen LogP contribution >= 0.6 is 0 Å². The first-order valence-corrected chi connectivity index (χ1v) is 4.17. The number of hydrogen-bond donors (Lipinski definition) is 1. The van der Waals surface area contributed by atoms with Gasteiger partial charge >= 0.3 is 5.97 Å². The highest BCUT2D eigenvalue weighted by atomic mass is 19.1. The lowest BCUT2D eigenvalue weighted by molar-refractivity contribution is -0.133. The number of halogens is 1. The monoisotopic (exact) mass is 208 g/mol. The predicted octanol–water partition coefficient (Wildman–Crippen LogP) is 1.04. The summed E-state index contributed by atoms with van der Waals surface area (Å²) < 4.78 is 17.4. The largest absolute Gasteiger partial charge is 0.459 e. The van der Waals surface area contributed by atoms with Crippen molar-refractivity contribution in [2.75, 3.05) is 7.11 Å². The predicted molar refractivity (Wildman–Crippen MR) is 51.2 cm³/mol. The highest BCUT2D eigenvalue weighted by molar-refractivity contribution is 5.88. The minimum absolute atomic E-state index is 0.0360. The van der Waals surface area contributed by atoms with Gasteiger partial charge < -0.3 is 9.84 Å². The number of aliphatic hydroxyl groups is 1. The van der Waals surface area contributed by atoms with E-state index in [1.807, 2.05) is 5.92 Å². The van der Waals surface area contributed by atoms with Crippen LogP contribution in [-0.4, -0.2) is 18.2 Å². The second kappa shape index (κ2) is 5.13. The summed E-state index contributed by atoms with van der Waals surface area (Å²) in [6.07, 6.45) is -1.33. The van der Waals surface area contributed by atoms with Gasteiger partial charge in [0.05, 0.1) is 7.11 Å². The lowest BCUT2D eigenvalue weighted by Gasteiger charge is -2.03. The van der Waals surface area contributed by atoms with Gasteiger partial charge in [0, 0.05) is 11.5 Å². The fraction of sp³-hybridized carbons (Fsp3) is 0.182. The lowest BCUT2D eigenvalue weighted by atomic mass is 10.1. The quantitative estimate of drug-likeness (QED) is 0.426. The summed E-state index contributed by atoms with van der Waals surface area (Å²) in [6, 6.07) is 5.67. The zero-order chi connectivity index (χ0) is 11.3. The zero-order valence-corrected chi connectivity index (χ0v) is 8.03. The fourth-order valence-electron chi connectivity index (χ4n) is 0.953. The summed E-state index contributed by atoms with van der Waals surface area (Å²) in [6.45, 7) is 0. The van der Waals surface area contributed by atoms with Crippen LogP contribution in [0.5, 0.6) is 0 Å². The number of aliphatic hydroxyl groups excluding tert-OH is 1. The molecule has 0 aliphatic carbocycles. The van der Waals surface area contributed by atoms with Crippen LogP contribution in [0, 0.1) is 17.7 Å². The van der Waals surface area contributed by atoms with Gasteiger partial charge in [0.1, 0.15) is 11.9 Å². The van der Waals surface area contributed by atoms with Crippen molar-refractivity contribution >= 4 is 5.97 Å². The summed E-state index contributed by atoms with van der Waals surface area (Å²) in [5.74, 6) is 2.87. The molecular weight excluding hydrogens is 199 g/mol. The molecule has 0 aliphatic heterocycles. The van der Waals surface area contributed by atoms with Crippen molar-refractivity contribution in [1.29, 1.82) is 0 Å². The zero-order valence-electron chi connectivity index (χ0n) is 8.03. The second-order valence-corrected chi connectivity index (χ2v) is 2.68. The molecule has 0 saturated carbocycles. The number of carbonyl (C=O) groups excluding carboxylic acids is 1. The molecule has 0 spiro atoms. The lowest BCUT2D eigenvalue weighted by Crippen LogP contribution is -2.00. The SMILES string of the molecule is COC(=O)C#CC(O)c1ccccc1F. The number of carbonyl (C=O) groups is 1. The van der Waals surface area contributed by atoms with Gasteiger partial charge in [-0.25, -0.2) is 9.18 Å². The van der Waals surface area contributed by atoms with E-state index < -0.39 is 17.9 Å². The molecule has 3 nitrogen and oxygen atoms in total. The number of ether oxygens (including phenoxy) is 1. The summed E-state index contributed by atoms with van der Waals surface area (Å²) in [5.41, 5.74) is 0.0360. The van der Waals surface area contributed by atoms with E-state index in [4.69, 9.17) is 0 Å². The Morgan fingerprint density at radius 1 is 1.53 bits per heavy atom. The van der Waals surface area contributed by atoms with Crippen LogP contribution in [0.2, 0.25) is 0 Å². The fourth-order valence-corrected chi connectivity index (χ4v) is 0.953. The Kier molecular flexibility index (Phi) is 3.83. The highest BCUT2D eigenvalue weighted by Gasteiger charge is 2.08. The summed E-state index contributed by atoms with van der Waals surface area (Å²) in [5, 5.41) is 9.42. The molecule has 1 aromatic carbocycles. The molecule has 4 heteroatoms. The number of esters is 1. The molecule has 0 aliphatic rings. The average Bonchev–Trinajstić information content (AvgIpc) is 2.26. The van der Waals surface area contributed by atoms with Crippen LogP contribution in [0.1, 0.15) is 11.7 Å². The Balaban J connectivity index is 2.85. The molecule has 15 heavy (non-hydrogen) atoms. The Morgan fingerprint density at radius 2 is 2.20 bits per heavy atom. The van der Waals surface area contributed by atoms with Crippen molar-refractivity contribution in [3.05, 3.63) is 35.6 Å². The van der Waals surface area contributed by atoms with Crippen LogP contribution in [0.4, 0.5) is 4.39 Å². The minimum Gasteiger partial charge on any atom is -0.459 e. The first-order chi connectivity index (χ1) is 7.15. The Bertz CT molecular complexity index is 417. The van der Waals surface area contributed by atoms with E-state index in [2.05, 4.69) is 10.7 Å². The number of methoxy groups -OCH3 is 1. The van der Waals surface area contributed by atoms with Crippen molar-refractivity contribution in [3.63, 3.8) is 0 Å². The molecule has 0 heterocycles. The van der Waals surface area contributed by atoms with Gasteiger partial charge in [-0.05, 0) is 6.07 Å². The van der Waals surface area contributed by atoms with Crippen LogP contribution < -0.4 is 0 Å². The van der Waals surface area contributed by atoms with Crippen LogP contribution in [0.25, 0.3) is 0 Å².